The van der Waals surface area contributed by atoms with Gasteiger partial charge >= 0.3 is 0 Å². The average molecular weight is 405 g/mol. The highest BCUT2D eigenvalue weighted by atomic mass is 16.7. The van der Waals surface area contributed by atoms with Crippen LogP contribution in [0.15, 0.2) is 72.9 Å². The van der Waals surface area contributed by atoms with Gasteiger partial charge < -0.3 is 18.9 Å². The molecule has 2 saturated heterocycles. The Kier molecular flexibility index (Phi) is 15.2. The highest BCUT2D eigenvalue weighted by Gasteiger charge is 2.42. The second-order valence-electron chi connectivity index (χ2n) is 6.19. The number of hydrogen-bond donors (Lipinski definition) is 0. The van der Waals surface area contributed by atoms with Gasteiger partial charge in [-0.1, -0.05) is 89.5 Å². The van der Waals surface area contributed by atoms with Crippen LogP contribution in [0.4, 0.5) is 0 Å². The van der Waals surface area contributed by atoms with Gasteiger partial charge in [0.15, 0.2) is 12.6 Å². The van der Waals surface area contributed by atoms with Crippen molar-refractivity contribution in [3.8, 4) is 0 Å². The van der Waals surface area contributed by atoms with Gasteiger partial charge in [-0.15, -0.1) is 0 Å². The first-order valence-corrected chi connectivity index (χ1v) is 10.5. The summed E-state index contributed by atoms with van der Waals surface area (Å²) in [5, 5.41) is 0. The van der Waals surface area contributed by atoms with Crippen LogP contribution in [0, 0.1) is 5.41 Å². The molecule has 1 spiro atoms. The van der Waals surface area contributed by atoms with Crippen LogP contribution in [0.5, 0.6) is 0 Å². The van der Waals surface area contributed by atoms with Gasteiger partial charge in [-0.2, -0.15) is 0 Å². The molecule has 0 aromatic rings. The molecule has 0 aliphatic carbocycles. The summed E-state index contributed by atoms with van der Waals surface area (Å²) in [5.74, 6) is 0. The van der Waals surface area contributed by atoms with Gasteiger partial charge in [-0.05, 0) is 13.8 Å². The zero-order valence-electron chi connectivity index (χ0n) is 19.1. The minimum absolute atomic E-state index is 0.261. The zero-order valence-corrected chi connectivity index (χ0v) is 19.1. The van der Waals surface area contributed by atoms with E-state index < -0.39 is 0 Å². The lowest BCUT2D eigenvalue weighted by molar-refractivity contribution is -0.286. The van der Waals surface area contributed by atoms with Crippen molar-refractivity contribution in [2.75, 3.05) is 26.4 Å². The lowest BCUT2D eigenvalue weighted by Gasteiger charge is -2.44. The summed E-state index contributed by atoms with van der Waals surface area (Å²) in [6.45, 7) is 21.5. The Labute approximate surface area is 178 Å². The smallest absolute Gasteiger partial charge is 0.183 e. The molecule has 164 valence electrons. The summed E-state index contributed by atoms with van der Waals surface area (Å²) in [6, 6.07) is 0. The van der Waals surface area contributed by atoms with Gasteiger partial charge in [0.05, 0.1) is 31.8 Å². The highest BCUT2D eigenvalue weighted by molar-refractivity contribution is 5.26. The van der Waals surface area contributed by atoms with Gasteiger partial charge in [0, 0.05) is 11.1 Å². The molecule has 4 heteroatoms. The molecule has 2 rings (SSSR count). The van der Waals surface area contributed by atoms with Crippen LogP contribution < -0.4 is 0 Å². The molecule has 0 saturated carbocycles. The van der Waals surface area contributed by atoms with Crippen LogP contribution in [0.25, 0.3) is 0 Å². The predicted octanol–water partition coefficient (Wildman–Crippen LogP) is 6.15. The predicted molar refractivity (Wildman–Crippen MR) is 123 cm³/mol. The SMILES string of the molecule is C=C/C=C\C(=C/C)C1OCC2(CO1)COC(C(/C=C\C)=C/C=C)OC2.CC.CC. The highest BCUT2D eigenvalue weighted by Crippen LogP contribution is 2.33. The van der Waals surface area contributed by atoms with E-state index in [4.69, 9.17) is 18.9 Å². The van der Waals surface area contributed by atoms with E-state index >= 15 is 0 Å². The van der Waals surface area contributed by atoms with E-state index in [9.17, 15) is 0 Å². The fourth-order valence-corrected chi connectivity index (χ4v) is 2.77. The van der Waals surface area contributed by atoms with E-state index in [0.29, 0.717) is 26.4 Å². The molecule has 0 radical (unpaired) electrons. The van der Waals surface area contributed by atoms with Crippen molar-refractivity contribution in [3.63, 3.8) is 0 Å². The fourth-order valence-electron chi connectivity index (χ4n) is 2.77. The maximum atomic E-state index is 5.93. The Hall–Kier alpha value is -1.72. The standard InChI is InChI=1S/C21H28O4.2C2H6/c1-5-9-12-17(8-4)19-22-13-21(14-23-19)15-24-20(25-16-21)18(10-6-2)11-7-3;2*1-2/h5-12,19-20H,1-2,13-16H2,3-4H3;2*1-2H3/b11-7-,12-9-,17-8+,18-10+;;. The molecule has 0 N–H and O–H groups in total. The van der Waals surface area contributed by atoms with Gasteiger partial charge in [0.2, 0.25) is 0 Å². The van der Waals surface area contributed by atoms with Gasteiger partial charge in [0.25, 0.3) is 0 Å². The number of hydrogen-bond acceptors (Lipinski definition) is 4. The average Bonchev–Trinajstić information content (AvgIpc) is 2.79. The monoisotopic (exact) mass is 404 g/mol. The lowest BCUT2D eigenvalue weighted by Crippen LogP contribution is -2.52. The largest absolute Gasteiger partial charge is 0.348 e. The van der Waals surface area contributed by atoms with Crippen molar-refractivity contribution in [2.45, 2.75) is 54.1 Å². The van der Waals surface area contributed by atoms with Crippen molar-refractivity contribution in [1.82, 2.24) is 0 Å². The van der Waals surface area contributed by atoms with Gasteiger partial charge in [-0.25, -0.2) is 0 Å². The quantitative estimate of drug-likeness (QED) is 0.498. The molecule has 2 fully saturated rings. The third kappa shape index (κ3) is 8.67. The van der Waals surface area contributed by atoms with E-state index in [2.05, 4.69) is 13.2 Å². The maximum Gasteiger partial charge on any atom is 0.183 e. The molecule has 0 bridgehead atoms. The summed E-state index contributed by atoms with van der Waals surface area (Å²) in [7, 11) is 0. The van der Waals surface area contributed by atoms with Gasteiger partial charge in [-0.3, -0.25) is 0 Å². The van der Waals surface area contributed by atoms with E-state index in [-0.39, 0.29) is 18.0 Å². The fraction of sp³-hybridized carbons (Fsp3) is 0.520. The number of allylic oxidation sites excluding steroid dienone is 6. The van der Waals surface area contributed by atoms with Crippen LogP contribution in [-0.2, 0) is 18.9 Å². The first kappa shape index (κ1) is 27.3. The second-order valence-corrected chi connectivity index (χ2v) is 6.19. The summed E-state index contributed by atoms with van der Waals surface area (Å²) in [4.78, 5) is 0. The zero-order chi connectivity index (χ0) is 22.1. The minimum Gasteiger partial charge on any atom is -0.348 e. The maximum absolute atomic E-state index is 5.93. The van der Waals surface area contributed by atoms with Crippen LogP contribution in [0.3, 0.4) is 0 Å². The van der Waals surface area contributed by atoms with Crippen molar-refractivity contribution in [3.05, 3.63) is 72.9 Å². The molecular weight excluding hydrogens is 364 g/mol. The van der Waals surface area contributed by atoms with Crippen molar-refractivity contribution in [1.29, 1.82) is 0 Å². The lowest BCUT2D eigenvalue weighted by atomic mass is 9.90. The first-order valence-electron chi connectivity index (χ1n) is 10.5. The summed E-state index contributed by atoms with van der Waals surface area (Å²) >= 11 is 0. The number of rotatable bonds is 6. The van der Waals surface area contributed by atoms with Crippen LogP contribution in [0.1, 0.15) is 41.5 Å². The van der Waals surface area contributed by atoms with E-state index in [1.165, 1.54) is 0 Å². The van der Waals surface area contributed by atoms with E-state index in [1.54, 1.807) is 12.2 Å². The van der Waals surface area contributed by atoms with E-state index in [1.807, 2.05) is 78.0 Å². The molecule has 29 heavy (non-hydrogen) atoms. The number of ether oxygens (including phenoxy) is 4. The Balaban J connectivity index is 0.00000184. The molecule has 0 unspecified atom stereocenters. The first-order chi connectivity index (χ1) is 14.2. The topological polar surface area (TPSA) is 36.9 Å². The Bertz CT molecular complexity index is 566. The Morgan fingerprint density at radius 3 is 1.62 bits per heavy atom. The molecule has 0 amide bonds. The molecule has 2 aliphatic heterocycles. The molecular formula is C25H40O4. The van der Waals surface area contributed by atoms with Crippen LogP contribution >= 0.6 is 0 Å². The molecule has 0 aromatic heterocycles. The molecule has 0 aromatic carbocycles. The molecule has 0 atom stereocenters. The Morgan fingerprint density at radius 2 is 1.24 bits per heavy atom. The third-order valence-corrected chi connectivity index (χ3v) is 4.14. The van der Waals surface area contributed by atoms with Crippen molar-refractivity contribution < 1.29 is 18.9 Å². The Morgan fingerprint density at radius 1 is 0.759 bits per heavy atom. The van der Waals surface area contributed by atoms with Gasteiger partial charge in [0.1, 0.15) is 0 Å². The van der Waals surface area contributed by atoms with Crippen molar-refractivity contribution >= 4 is 0 Å². The minimum atomic E-state index is -0.376. The van der Waals surface area contributed by atoms with E-state index in [0.717, 1.165) is 11.1 Å². The second kappa shape index (κ2) is 16.1. The normalized spacial score (nSPS) is 27.8. The summed E-state index contributed by atoms with van der Waals surface area (Å²) in [6.07, 6.45) is 14.4. The third-order valence-electron chi connectivity index (χ3n) is 4.14. The molecule has 2 heterocycles. The van der Waals surface area contributed by atoms with Crippen LogP contribution in [0.2, 0.25) is 0 Å². The van der Waals surface area contributed by atoms with Crippen LogP contribution in [-0.4, -0.2) is 39.0 Å². The molecule has 4 nitrogen and oxygen atoms in total. The summed E-state index contributed by atoms with van der Waals surface area (Å²) in [5.41, 5.74) is 1.67. The van der Waals surface area contributed by atoms with Crippen molar-refractivity contribution in [2.24, 2.45) is 5.41 Å². The molecule has 2 aliphatic rings. The summed E-state index contributed by atoms with van der Waals surface area (Å²) < 4.78 is 23.7.